The van der Waals surface area contributed by atoms with Crippen LogP contribution in [0.15, 0.2) is 12.7 Å². The Kier molecular flexibility index (Phi) is 10.1. The van der Waals surface area contributed by atoms with Crippen molar-refractivity contribution in [3.05, 3.63) is 12.7 Å². The lowest BCUT2D eigenvalue weighted by Crippen LogP contribution is -2.03. The summed E-state index contributed by atoms with van der Waals surface area (Å²) in [6.07, 6.45) is 1.43. The zero-order valence-corrected chi connectivity index (χ0v) is 7.45. The Balaban J connectivity index is 0. The molecule has 0 aliphatic heterocycles. The highest BCUT2D eigenvalue weighted by molar-refractivity contribution is 7.80. The molecule has 0 heterocycles. The van der Waals surface area contributed by atoms with Crippen molar-refractivity contribution in [3.63, 3.8) is 0 Å². The fourth-order valence-corrected chi connectivity index (χ4v) is 0.327. The molecule has 0 atom stereocenters. The maximum absolute atomic E-state index is 9.60. The minimum atomic E-state index is -4.41. The second kappa shape index (κ2) is 8.62. The average Bonchev–Trinajstić information content (AvgIpc) is 2.00. The number of hydrogen-bond donors (Lipinski definition) is 2. The van der Waals surface area contributed by atoms with Crippen molar-refractivity contribution in [1.82, 2.24) is 0 Å². The van der Waals surface area contributed by atoms with Gasteiger partial charge in [0, 0.05) is 0 Å². The van der Waals surface area contributed by atoms with Crippen LogP contribution in [0.3, 0.4) is 0 Å². The van der Waals surface area contributed by atoms with Crippen LogP contribution in [0.1, 0.15) is 6.92 Å². The van der Waals surface area contributed by atoms with Crippen LogP contribution < -0.4 is 0 Å². The summed E-state index contributed by atoms with van der Waals surface area (Å²) in [6.45, 7) is 4.90. The number of aliphatic hydroxyl groups excluding tert-OH is 1. The van der Waals surface area contributed by atoms with Crippen molar-refractivity contribution in [2.75, 3.05) is 13.2 Å². The van der Waals surface area contributed by atoms with Crippen LogP contribution in [-0.2, 0) is 19.6 Å². The van der Waals surface area contributed by atoms with E-state index in [4.69, 9.17) is 9.66 Å². The second-order valence-corrected chi connectivity index (χ2v) is 2.37. The molecule has 0 aromatic heterocycles. The standard InChI is InChI=1S/C3H6O.C2H6O5S/c1-2-3-4;1-2-6-7-8(3,4)5/h2,4H,1,3H2;2H2,1H3,(H,3,4,5). The summed E-state index contributed by atoms with van der Waals surface area (Å²) >= 11 is 0. The Morgan fingerprint density at radius 2 is 2.00 bits per heavy atom. The molecule has 6 nitrogen and oxygen atoms in total. The van der Waals surface area contributed by atoms with E-state index in [9.17, 15) is 8.42 Å². The third kappa shape index (κ3) is 22.7. The maximum Gasteiger partial charge on any atom is 0.424 e. The Bertz CT molecular complexity index is 184. The molecule has 0 radical (unpaired) electrons. The van der Waals surface area contributed by atoms with Crippen LogP contribution in [0.5, 0.6) is 0 Å². The maximum atomic E-state index is 9.60. The Morgan fingerprint density at radius 3 is 2.08 bits per heavy atom. The first-order valence-corrected chi connectivity index (χ1v) is 4.34. The molecule has 0 aromatic rings. The lowest BCUT2D eigenvalue weighted by atomic mass is 10.7. The predicted molar refractivity (Wildman–Crippen MR) is 41.5 cm³/mol. The lowest BCUT2D eigenvalue weighted by molar-refractivity contribution is -0.203. The molecule has 0 aromatic carbocycles. The number of hydrogen-bond acceptors (Lipinski definition) is 5. The monoisotopic (exact) mass is 200 g/mol. The molecule has 0 fully saturated rings. The molecule has 12 heavy (non-hydrogen) atoms. The summed E-state index contributed by atoms with van der Waals surface area (Å²) in [5.74, 6) is 0. The van der Waals surface area contributed by atoms with Gasteiger partial charge < -0.3 is 5.11 Å². The molecule has 7 heteroatoms. The highest BCUT2D eigenvalue weighted by atomic mass is 32.3. The van der Waals surface area contributed by atoms with Gasteiger partial charge in [-0.15, -0.1) is 6.58 Å². The summed E-state index contributed by atoms with van der Waals surface area (Å²) in [5, 5.41) is 7.76. The topological polar surface area (TPSA) is 93.1 Å². The number of aliphatic hydroxyl groups is 1. The normalized spacial score (nSPS) is 9.92. The summed E-state index contributed by atoms with van der Waals surface area (Å²) in [6, 6.07) is 0. The van der Waals surface area contributed by atoms with Crippen LogP contribution in [0, 0.1) is 0 Å². The summed E-state index contributed by atoms with van der Waals surface area (Å²) in [5.41, 5.74) is 0. The second-order valence-electron chi connectivity index (χ2n) is 1.37. The van der Waals surface area contributed by atoms with Crippen LogP contribution in [0.25, 0.3) is 0 Å². The fourth-order valence-electron chi connectivity index (χ4n) is 0.109. The highest BCUT2D eigenvalue weighted by Gasteiger charge is 2.02. The van der Waals surface area contributed by atoms with Crippen LogP contribution in [-0.4, -0.2) is 31.3 Å². The van der Waals surface area contributed by atoms with E-state index in [2.05, 4.69) is 15.8 Å². The first kappa shape index (κ1) is 14.1. The van der Waals surface area contributed by atoms with Gasteiger partial charge in [0.15, 0.2) is 0 Å². The van der Waals surface area contributed by atoms with Gasteiger partial charge in [0.25, 0.3) is 0 Å². The zero-order chi connectivity index (χ0) is 10.0. The van der Waals surface area contributed by atoms with E-state index in [0.29, 0.717) is 0 Å². The third-order valence-corrected chi connectivity index (χ3v) is 0.649. The van der Waals surface area contributed by atoms with E-state index in [0.717, 1.165) is 0 Å². The van der Waals surface area contributed by atoms with Gasteiger partial charge in [-0.3, -0.25) is 4.55 Å². The Labute approximate surface area is 71.3 Å². The zero-order valence-electron chi connectivity index (χ0n) is 6.63. The van der Waals surface area contributed by atoms with Gasteiger partial charge in [-0.1, -0.05) is 10.4 Å². The molecule has 2 N–H and O–H groups in total. The molecule has 0 aliphatic carbocycles. The van der Waals surface area contributed by atoms with Crippen LogP contribution in [0.4, 0.5) is 0 Å². The van der Waals surface area contributed by atoms with E-state index in [1.165, 1.54) is 13.0 Å². The minimum Gasteiger partial charge on any atom is -0.392 e. The first-order chi connectivity index (χ1) is 5.47. The van der Waals surface area contributed by atoms with Crippen molar-refractivity contribution >= 4 is 10.4 Å². The van der Waals surface area contributed by atoms with E-state index in [1.54, 1.807) is 0 Å². The van der Waals surface area contributed by atoms with E-state index in [1.807, 2.05) is 0 Å². The average molecular weight is 200 g/mol. The van der Waals surface area contributed by atoms with Crippen molar-refractivity contribution in [2.24, 2.45) is 0 Å². The number of rotatable bonds is 4. The molecule has 0 aliphatic rings. The van der Waals surface area contributed by atoms with Gasteiger partial charge in [0.2, 0.25) is 0 Å². The van der Waals surface area contributed by atoms with Gasteiger partial charge in [0.1, 0.15) is 0 Å². The van der Waals surface area contributed by atoms with Gasteiger partial charge >= 0.3 is 10.4 Å². The van der Waals surface area contributed by atoms with Crippen molar-refractivity contribution in [2.45, 2.75) is 6.92 Å². The van der Waals surface area contributed by atoms with E-state index < -0.39 is 10.4 Å². The smallest absolute Gasteiger partial charge is 0.392 e. The van der Waals surface area contributed by atoms with Crippen molar-refractivity contribution in [1.29, 1.82) is 0 Å². The van der Waals surface area contributed by atoms with E-state index in [-0.39, 0.29) is 13.2 Å². The van der Waals surface area contributed by atoms with E-state index >= 15 is 0 Å². The largest absolute Gasteiger partial charge is 0.424 e. The predicted octanol–water partition coefficient (Wildman–Crippen LogP) is -0.0780. The molecule has 0 spiro atoms. The van der Waals surface area contributed by atoms with Gasteiger partial charge in [-0.2, -0.15) is 8.42 Å². The van der Waals surface area contributed by atoms with Crippen molar-refractivity contribution in [3.8, 4) is 0 Å². The Morgan fingerprint density at radius 1 is 1.58 bits per heavy atom. The van der Waals surface area contributed by atoms with Crippen molar-refractivity contribution < 1.29 is 27.3 Å². The summed E-state index contributed by atoms with van der Waals surface area (Å²) in [4.78, 5) is 3.86. The molecular formula is C5H12O6S. The Hall–Kier alpha value is -0.470. The minimum absolute atomic E-state index is 0.0692. The molecular weight excluding hydrogens is 188 g/mol. The molecule has 0 amide bonds. The van der Waals surface area contributed by atoms with Crippen LogP contribution in [0.2, 0.25) is 0 Å². The lowest BCUT2D eigenvalue weighted by Gasteiger charge is -1.92. The third-order valence-electron chi connectivity index (χ3n) is 0.381. The molecule has 0 unspecified atom stereocenters. The first-order valence-electron chi connectivity index (χ1n) is 2.98. The van der Waals surface area contributed by atoms with Crippen LogP contribution >= 0.6 is 0 Å². The summed E-state index contributed by atoms with van der Waals surface area (Å²) in [7, 11) is -4.41. The quantitative estimate of drug-likeness (QED) is 0.285. The molecule has 0 saturated carbocycles. The molecule has 0 saturated heterocycles. The summed E-state index contributed by atoms with van der Waals surface area (Å²) < 4.78 is 30.4. The SMILES string of the molecule is C=CCO.CCOOS(=O)(=O)O. The highest BCUT2D eigenvalue weighted by Crippen LogP contribution is 1.85. The van der Waals surface area contributed by atoms with Gasteiger partial charge in [-0.05, 0) is 6.92 Å². The van der Waals surface area contributed by atoms with Gasteiger partial charge in [0.05, 0.1) is 13.2 Å². The molecule has 0 bridgehead atoms. The molecule has 0 rings (SSSR count). The fraction of sp³-hybridized carbons (Fsp3) is 0.600. The molecule has 74 valence electrons. The van der Waals surface area contributed by atoms with Gasteiger partial charge in [-0.25, -0.2) is 4.89 Å².